The zero-order valence-corrected chi connectivity index (χ0v) is 13.3. The maximum Gasteiger partial charge on any atom is 0.227 e. The van der Waals surface area contributed by atoms with Gasteiger partial charge in [-0.2, -0.15) is 9.83 Å². The van der Waals surface area contributed by atoms with Gasteiger partial charge in [0, 0.05) is 17.7 Å². The van der Waals surface area contributed by atoms with Crippen molar-refractivity contribution in [3.63, 3.8) is 0 Å². The molecule has 0 spiro atoms. The van der Waals surface area contributed by atoms with Crippen molar-refractivity contribution in [2.75, 3.05) is 0 Å². The Kier molecular flexibility index (Phi) is 5.03. The van der Waals surface area contributed by atoms with Crippen molar-refractivity contribution in [2.24, 2.45) is 0 Å². The van der Waals surface area contributed by atoms with Crippen molar-refractivity contribution in [3.05, 3.63) is 78.1 Å². The summed E-state index contributed by atoms with van der Waals surface area (Å²) in [7, 11) is 0. The molecule has 2 aromatic carbocycles. The van der Waals surface area contributed by atoms with Crippen LogP contribution >= 0.6 is 0 Å². The summed E-state index contributed by atoms with van der Waals surface area (Å²) in [6, 6.07) is 19.2. The molecule has 1 heterocycles. The van der Waals surface area contributed by atoms with Gasteiger partial charge in [-0.1, -0.05) is 36.4 Å². The van der Waals surface area contributed by atoms with E-state index >= 15 is 0 Å². The molecule has 0 aliphatic rings. The molecular formula is C18H13BrN2O. The Balaban J connectivity index is 0.00000176. The summed E-state index contributed by atoms with van der Waals surface area (Å²) in [5.41, 5.74) is 1.29. The van der Waals surface area contributed by atoms with Gasteiger partial charge in [0.15, 0.2) is 12.4 Å². The summed E-state index contributed by atoms with van der Waals surface area (Å²) >= 11 is 0. The van der Waals surface area contributed by atoms with Gasteiger partial charge in [-0.3, -0.25) is 4.79 Å². The van der Waals surface area contributed by atoms with Crippen LogP contribution in [0, 0.1) is 11.3 Å². The highest BCUT2D eigenvalue weighted by atomic mass is 79.9. The number of aromatic nitrogens is 1. The van der Waals surface area contributed by atoms with Crippen LogP contribution < -0.4 is 21.5 Å². The van der Waals surface area contributed by atoms with E-state index in [9.17, 15) is 4.79 Å². The fourth-order valence-corrected chi connectivity index (χ4v) is 2.26. The number of fused-ring (bicyclic) bond motifs is 1. The van der Waals surface area contributed by atoms with E-state index in [0.717, 1.165) is 10.8 Å². The number of benzene rings is 2. The minimum absolute atomic E-state index is 0. The van der Waals surface area contributed by atoms with Gasteiger partial charge in [-0.05, 0) is 16.8 Å². The molecule has 3 nitrogen and oxygen atoms in total. The normalized spacial score (nSPS) is 9.77. The van der Waals surface area contributed by atoms with Gasteiger partial charge in [0.2, 0.25) is 12.3 Å². The van der Waals surface area contributed by atoms with E-state index < -0.39 is 0 Å². The molecule has 22 heavy (non-hydrogen) atoms. The Bertz CT molecular complexity index is 851. The Hall–Kier alpha value is -2.51. The Morgan fingerprint density at radius 1 is 1.00 bits per heavy atom. The van der Waals surface area contributed by atoms with Crippen LogP contribution in [0.25, 0.3) is 10.8 Å². The lowest BCUT2D eigenvalue weighted by Gasteiger charge is -2.01. The fourth-order valence-electron chi connectivity index (χ4n) is 2.26. The third-order valence-electron chi connectivity index (χ3n) is 3.42. The Labute approximate surface area is 139 Å². The Morgan fingerprint density at radius 2 is 1.68 bits per heavy atom. The number of nitriles is 1. The van der Waals surface area contributed by atoms with E-state index in [4.69, 9.17) is 5.26 Å². The highest BCUT2D eigenvalue weighted by Crippen LogP contribution is 2.15. The fraction of sp³-hybridized carbons (Fsp3) is 0.0556. The summed E-state index contributed by atoms with van der Waals surface area (Å²) in [6.07, 6.45) is 3.50. The van der Waals surface area contributed by atoms with Gasteiger partial charge < -0.3 is 17.0 Å². The molecule has 0 N–H and O–H groups in total. The van der Waals surface area contributed by atoms with Crippen LogP contribution in [0.2, 0.25) is 0 Å². The second kappa shape index (κ2) is 6.97. The van der Waals surface area contributed by atoms with Crippen molar-refractivity contribution in [1.82, 2.24) is 0 Å². The second-order valence-corrected chi connectivity index (χ2v) is 4.86. The van der Waals surface area contributed by atoms with Gasteiger partial charge in [0.25, 0.3) is 0 Å². The summed E-state index contributed by atoms with van der Waals surface area (Å²) in [5.74, 6) is 0.0514. The standard InChI is InChI=1S/C18H13N2O.BrH/c19-12-14-7-9-20(10-8-14)13-18(21)17-6-5-15-3-1-2-4-16(15)11-17;/h1-11H,13H2;1H/q+1;/p-1. The predicted molar refractivity (Wildman–Crippen MR) is 79.6 cm³/mol. The van der Waals surface area contributed by atoms with Crippen LogP contribution in [0.3, 0.4) is 0 Å². The molecule has 0 aliphatic heterocycles. The summed E-state index contributed by atoms with van der Waals surface area (Å²) in [6.45, 7) is 0.268. The number of pyridine rings is 1. The average Bonchev–Trinajstić information content (AvgIpc) is 2.55. The molecule has 0 bridgehead atoms. The van der Waals surface area contributed by atoms with Crippen molar-refractivity contribution in [3.8, 4) is 6.07 Å². The first-order chi connectivity index (χ1) is 10.3. The second-order valence-electron chi connectivity index (χ2n) is 4.86. The van der Waals surface area contributed by atoms with Crippen LogP contribution in [0.4, 0.5) is 0 Å². The average molecular weight is 353 g/mol. The molecule has 4 heteroatoms. The number of Topliss-reactive ketones (excluding diaryl/α,β-unsaturated/α-hetero) is 1. The van der Waals surface area contributed by atoms with E-state index in [0.29, 0.717) is 11.1 Å². The number of nitrogens with zero attached hydrogens (tertiary/aromatic N) is 2. The van der Waals surface area contributed by atoms with E-state index in [1.54, 1.807) is 29.1 Å². The first-order valence-corrected chi connectivity index (χ1v) is 6.67. The molecule has 0 atom stereocenters. The van der Waals surface area contributed by atoms with Crippen LogP contribution in [0.5, 0.6) is 0 Å². The molecule has 0 aliphatic carbocycles. The topological polar surface area (TPSA) is 44.7 Å². The lowest BCUT2D eigenvalue weighted by Crippen LogP contribution is -3.00. The number of ketones is 1. The molecule has 0 fully saturated rings. The third kappa shape index (κ3) is 3.38. The summed E-state index contributed by atoms with van der Waals surface area (Å²) in [5, 5.41) is 11.0. The summed E-state index contributed by atoms with van der Waals surface area (Å²) < 4.78 is 1.78. The summed E-state index contributed by atoms with van der Waals surface area (Å²) in [4.78, 5) is 12.3. The van der Waals surface area contributed by atoms with Gasteiger partial charge in [-0.25, -0.2) is 0 Å². The third-order valence-corrected chi connectivity index (χ3v) is 3.42. The van der Waals surface area contributed by atoms with E-state index in [2.05, 4.69) is 6.07 Å². The SMILES string of the molecule is N#Cc1cc[n+](CC(=O)c2ccc3ccccc3c2)cc1.[Br-]. The monoisotopic (exact) mass is 352 g/mol. The van der Waals surface area contributed by atoms with Crippen molar-refractivity contribution in [1.29, 1.82) is 5.26 Å². The number of rotatable bonds is 3. The molecule has 3 aromatic rings. The molecule has 3 rings (SSSR count). The smallest absolute Gasteiger partial charge is 0.227 e. The number of halogens is 1. The van der Waals surface area contributed by atoms with Gasteiger partial charge >= 0.3 is 0 Å². The molecule has 0 unspecified atom stereocenters. The van der Waals surface area contributed by atoms with Crippen molar-refractivity contribution in [2.45, 2.75) is 6.54 Å². The van der Waals surface area contributed by atoms with Gasteiger partial charge in [-0.15, -0.1) is 0 Å². The zero-order valence-electron chi connectivity index (χ0n) is 11.7. The number of hydrogen-bond acceptors (Lipinski definition) is 2. The van der Waals surface area contributed by atoms with Crippen molar-refractivity contribution >= 4 is 16.6 Å². The minimum atomic E-state index is 0. The van der Waals surface area contributed by atoms with Crippen molar-refractivity contribution < 1.29 is 26.3 Å². The largest absolute Gasteiger partial charge is 1.00 e. The van der Waals surface area contributed by atoms with Crippen LogP contribution in [0.1, 0.15) is 15.9 Å². The highest BCUT2D eigenvalue weighted by Gasteiger charge is 2.12. The van der Waals surface area contributed by atoms with Crippen LogP contribution in [-0.4, -0.2) is 5.78 Å². The molecule has 108 valence electrons. The van der Waals surface area contributed by atoms with Crippen LogP contribution in [-0.2, 0) is 6.54 Å². The zero-order chi connectivity index (χ0) is 14.7. The molecular weight excluding hydrogens is 340 g/mol. The van der Waals surface area contributed by atoms with Crippen LogP contribution in [0.15, 0.2) is 67.0 Å². The lowest BCUT2D eigenvalue weighted by molar-refractivity contribution is -0.683. The first kappa shape index (κ1) is 15.9. The van der Waals surface area contributed by atoms with Gasteiger partial charge in [0.05, 0.1) is 11.6 Å². The molecule has 1 aromatic heterocycles. The first-order valence-electron chi connectivity index (χ1n) is 6.67. The van der Waals surface area contributed by atoms with E-state index in [1.165, 1.54) is 0 Å². The highest BCUT2D eigenvalue weighted by molar-refractivity contribution is 5.99. The van der Waals surface area contributed by atoms with Gasteiger partial charge in [0.1, 0.15) is 0 Å². The maximum absolute atomic E-state index is 12.3. The lowest BCUT2D eigenvalue weighted by atomic mass is 10.0. The maximum atomic E-state index is 12.3. The molecule has 0 amide bonds. The van der Waals surface area contributed by atoms with E-state index in [1.807, 2.05) is 42.5 Å². The number of hydrogen-bond donors (Lipinski definition) is 0. The van der Waals surface area contributed by atoms with E-state index in [-0.39, 0.29) is 29.3 Å². The number of carbonyl (C=O) groups excluding carboxylic acids is 1. The molecule has 0 saturated carbocycles. The predicted octanol–water partition coefficient (Wildman–Crippen LogP) is -0.114. The minimum Gasteiger partial charge on any atom is -1.00 e. The Morgan fingerprint density at radius 3 is 2.36 bits per heavy atom. The quantitative estimate of drug-likeness (QED) is 0.487. The molecule has 0 saturated heterocycles. The molecule has 0 radical (unpaired) electrons. The number of carbonyl (C=O) groups is 1.